The second-order valence-electron chi connectivity index (χ2n) is 7.40. The van der Waals surface area contributed by atoms with Crippen LogP contribution in [0.15, 0.2) is 47.0 Å². The van der Waals surface area contributed by atoms with Gasteiger partial charge in [0.1, 0.15) is 11.9 Å². The van der Waals surface area contributed by atoms with Crippen LogP contribution >= 0.6 is 0 Å². The van der Waals surface area contributed by atoms with Crippen LogP contribution in [0.1, 0.15) is 42.3 Å². The van der Waals surface area contributed by atoms with E-state index in [-0.39, 0.29) is 17.9 Å². The lowest BCUT2D eigenvalue weighted by Crippen LogP contribution is -2.41. The molecule has 0 saturated carbocycles. The first-order chi connectivity index (χ1) is 14.0. The minimum absolute atomic E-state index is 0.181. The van der Waals surface area contributed by atoms with E-state index >= 15 is 0 Å². The lowest BCUT2D eigenvalue weighted by Gasteiger charge is -2.33. The number of likely N-dealkylation sites (tertiary alicyclic amines) is 1. The van der Waals surface area contributed by atoms with E-state index in [1.165, 1.54) is 17.7 Å². The Balaban J connectivity index is 1.53. The SMILES string of the molecule is Cc1ccc(NC(=O)N2CCCC[C@@H]2c2nc(-c3ccc(F)cc3)no2)cc1C. The predicted molar refractivity (Wildman–Crippen MR) is 108 cm³/mol. The van der Waals surface area contributed by atoms with Crippen LogP contribution in [0, 0.1) is 19.7 Å². The van der Waals surface area contributed by atoms with Gasteiger partial charge in [0.15, 0.2) is 0 Å². The Labute approximate surface area is 168 Å². The molecule has 1 atom stereocenters. The molecule has 7 heteroatoms. The van der Waals surface area contributed by atoms with Crippen LogP contribution in [0.3, 0.4) is 0 Å². The van der Waals surface area contributed by atoms with E-state index in [9.17, 15) is 9.18 Å². The molecule has 1 saturated heterocycles. The highest BCUT2D eigenvalue weighted by Crippen LogP contribution is 2.32. The summed E-state index contributed by atoms with van der Waals surface area (Å²) in [6, 6.07) is 11.3. The highest BCUT2D eigenvalue weighted by molar-refractivity contribution is 5.89. The molecule has 4 rings (SSSR count). The predicted octanol–water partition coefficient (Wildman–Crippen LogP) is 5.25. The highest BCUT2D eigenvalue weighted by atomic mass is 19.1. The Bertz CT molecular complexity index is 1020. The fourth-order valence-corrected chi connectivity index (χ4v) is 3.53. The number of benzene rings is 2. The zero-order chi connectivity index (χ0) is 20.4. The monoisotopic (exact) mass is 394 g/mol. The average Bonchev–Trinajstić information content (AvgIpc) is 3.21. The maximum Gasteiger partial charge on any atom is 0.322 e. The largest absolute Gasteiger partial charge is 0.337 e. The molecule has 1 aliphatic rings. The number of rotatable bonds is 3. The molecule has 2 aromatic carbocycles. The van der Waals surface area contributed by atoms with Gasteiger partial charge < -0.3 is 14.7 Å². The number of amides is 2. The van der Waals surface area contributed by atoms with Gasteiger partial charge in [-0.1, -0.05) is 11.2 Å². The number of nitrogens with zero attached hydrogens (tertiary/aromatic N) is 3. The van der Waals surface area contributed by atoms with E-state index in [0.717, 1.165) is 30.5 Å². The number of piperidine rings is 1. The van der Waals surface area contributed by atoms with E-state index in [0.29, 0.717) is 23.8 Å². The summed E-state index contributed by atoms with van der Waals surface area (Å²) in [7, 11) is 0. The first kappa shape index (κ1) is 19.1. The number of nitrogens with one attached hydrogen (secondary N) is 1. The Kier molecular flexibility index (Phi) is 5.29. The first-order valence-electron chi connectivity index (χ1n) is 9.75. The molecule has 29 heavy (non-hydrogen) atoms. The quantitative estimate of drug-likeness (QED) is 0.658. The molecule has 0 unspecified atom stereocenters. The third-order valence-electron chi connectivity index (χ3n) is 5.35. The number of hydrogen-bond acceptors (Lipinski definition) is 4. The lowest BCUT2D eigenvalue weighted by atomic mass is 10.0. The van der Waals surface area contributed by atoms with Crippen LogP contribution in [0.2, 0.25) is 0 Å². The van der Waals surface area contributed by atoms with Gasteiger partial charge in [0.2, 0.25) is 11.7 Å². The number of urea groups is 1. The number of hydrogen-bond donors (Lipinski definition) is 1. The Hall–Kier alpha value is -3.22. The van der Waals surface area contributed by atoms with Crippen molar-refractivity contribution >= 4 is 11.7 Å². The molecule has 1 aromatic heterocycles. The average molecular weight is 394 g/mol. The lowest BCUT2D eigenvalue weighted by molar-refractivity contribution is 0.142. The summed E-state index contributed by atoms with van der Waals surface area (Å²) < 4.78 is 18.6. The van der Waals surface area contributed by atoms with Crippen molar-refractivity contribution in [1.82, 2.24) is 15.0 Å². The van der Waals surface area contributed by atoms with Crippen LogP contribution in [0.4, 0.5) is 14.9 Å². The summed E-state index contributed by atoms with van der Waals surface area (Å²) in [4.78, 5) is 19.2. The van der Waals surface area contributed by atoms with Gasteiger partial charge in [0, 0.05) is 17.8 Å². The Morgan fingerprint density at radius 2 is 1.93 bits per heavy atom. The summed E-state index contributed by atoms with van der Waals surface area (Å²) in [6.45, 7) is 4.68. The van der Waals surface area contributed by atoms with Gasteiger partial charge in [-0.05, 0) is 80.6 Å². The van der Waals surface area contributed by atoms with Gasteiger partial charge in [-0.25, -0.2) is 9.18 Å². The third-order valence-corrected chi connectivity index (χ3v) is 5.35. The molecule has 0 radical (unpaired) electrons. The molecule has 0 spiro atoms. The molecular formula is C22H23FN4O2. The van der Waals surface area contributed by atoms with Crippen molar-refractivity contribution in [2.75, 3.05) is 11.9 Å². The first-order valence-corrected chi connectivity index (χ1v) is 9.75. The molecular weight excluding hydrogens is 371 g/mol. The maximum absolute atomic E-state index is 13.1. The molecule has 6 nitrogen and oxygen atoms in total. The van der Waals surface area contributed by atoms with Crippen molar-refractivity contribution in [3.63, 3.8) is 0 Å². The minimum atomic E-state index is -0.320. The van der Waals surface area contributed by atoms with Gasteiger partial charge in [-0.3, -0.25) is 0 Å². The van der Waals surface area contributed by atoms with Gasteiger partial charge in [0.05, 0.1) is 0 Å². The van der Waals surface area contributed by atoms with Gasteiger partial charge in [-0.15, -0.1) is 0 Å². The van der Waals surface area contributed by atoms with Crippen LogP contribution < -0.4 is 5.32 Å². The number of aryl methyl sites for hydroxylation is 2. The number of anilines is 1. The fourth-order valence-electron chi connectivity index (χ4n) is 3.53. The minimum Gasteiger partial charge on any atom is -0.337 e. The molecule has 2 amide bonds. The van der Waals surface area contributed by atoms with Crippen molar-refractivity contribution in [3.05, 3.63) is 65.3 Å². The Morgan fingerprint density at radius 3 is 2.69 bits per heavy atom. The molecule has 1 fully saturated rings. The smallest absolute Gasteiger partial charge is 0.322 e. The molecule has 2 heterocycles. The molecule has 0 aliphatic carbocycles. The molecule has 0 bridgehead atoms. The summed E-state index contributed by atoms with van der Waals surface area (Å²) >= 11 is 0. The standard InChI is InChI=1S/C22H23FN4O2/c1-14-6-11-18(13-15(14)2)24-22(28)27-12-4-3-5-19(27)21-25-20(26-29-21)16-7-9-17(23)10-8-16/h6-11,13,19H,3-5,12H2,1-2H3,(H,24,28)/t19-/m1/s1. The van der Waals surface area contributed by atoms with Crippen molar-refractivity contribution in [3.8, 4) is 11.4 Å². The van der Waals surface area contributed by atoms with E-state index in [1.54, 1.807) is 17.0 Å². The summed E-state index contributed by atoms with van der Waals surface area (Å²) in [5, 5.41) is 7.00. The normalized spacial score (nSPS) is 16.7. The highest BCUT2D eigenvalue weighted by Gasteiger charge is 2.32. The summed E-state index contributed by atoms with van der Waals surface area (Å²) in [5.41, 5.74) is 3.74. The molecule has 1 N–H and O–H groups in total. The number of carbonyl (C=O) groups is 1. The summed E-state index contributed by atoms with van der Waals surface area (Å²) in [5.74, 6) is 0.471. The van der Waals surface area contributed by atoms with Crippen LogP contribution in [-0.2, 0) is 0 Å². The molecule has 150 valence electrons. The topological polar surface area (TPSA) is 71.3 Å². The van der Waals surface area contributed by atoms with Crippen LogP contribution in [0.5, 0.6) is 0 Å². The second kappa shape index (κ2) is 8.03. The van der Waals surface area contributed by atoms with Crippen LogP contribution in [-0.4, -0.2) is 27.6 Å². The maximum atomic E-state index is 13.1. The Morgan fingerprint density at radius 1 is 1.14 bits per heavy atom. The number of halogens is 1. The van der Waals surface area contributed by atoms with Gasteiger partial charge >= 0.3 is 6.03 Å². The van der Waals surface area contributed by atoms with Gasteiger partial charge in [0.25, 0.3) is 0 Å². The molecule has 3 aromatic rings. The third kappa shape index (κ3) is 4.13. The van der Waals surface area contributed by atoms with E-state index < -0.39 is 0 Å². The van der Waals surface area contributed by atoms with Crippen molar-refractivity contribution in [2.24, 2.45) is 0 Å². The van der Waals surface area contributed by atoms with E-state index in [4.69, 9.17) is 4.52 Å². The number of aromatic nitrogens is 2. The summed E-state index contributed by atoms with van der Waals surface area (Å²) in [6.07, 6.45) is 2.66. The fraction of sp³-hybridized carbons (Fsp3) is 0.318. The van der Waals surface area contributed by atoms with Crippen LogP contribution in [0.25, 0.3) is 11.4 Å². The zero-order valence-electron chi connectivity index (χ0n) is 16.5. The second-order valence-corrected chi connectivity index (χ2v) is 7.40. The van der Waals surface area contributed by atoms with Crippen molar-refractivity contribution < 1.29 is 13.7 Å². The van der Waals surface area contributed by atoms with Crippen molar-refractivity contribution in [2.45, 2.75) is 39.2 Å². The van der Waals surface area contributed by atoms with E-state index in [2.05, 4.69) is 15.5 Å². The van der Waals surface area contributed by atoms with Crippen molar-refractivity contribution in [1.29, 1.82) is 0 Å². The zero-order valence-corrected chi connectivity index (χ0v) is 16.5. The number of carbonyl (C=O) groups excluding carboxylic acids is 1. The molecule has 1 aliphatic heterocycles. The van der Waals surface area contributed by atoms with Gasteiger partial charge in [-0.2, -0.15) is 4.98 Å². The van der Waals surface area contributed by atoms with E-state index in [1.807, 2.05) is 32.0 Å².